The van der Waals surface area contributed by atoms with Gasteiger partial charge in [-0.2, -0.15) is 4.98 Å². The molecule has 0 saturated heterocycles. The van der Waals surface area contributed by atoms with E-state index in [1.807, 2.05) is 31.2 Å². The number of hydrogen-bond acceptors (Lipinski definition) is 8. The molecule has 180 valence electrons. The van der Waals surface area contributed by atoms with Gasteiger partial charge in [-0.15, -0.1) is 0 Å². The quantitative estimate of drug-likeness (QED) is 0.378. The number of sulfonamides is 1. The Balaban J connectivity index is 1.33. The molecule has 4 rings (SSSR count). The molecule has 10 nitrogen and oxygen atoms in total. The average molecular weight is 493 g/mol. The molecule has 2 heterocycles. The molecule has 2 aromatic carbocycles. The lowest BCUT2D eigenvalue weighted by Crippen LogP contribution is -2.16. The van der Waals surface area contributed by atoms with Crippen molar-refractivity contribution in [3.8, 4) is 11.4 Å². The minimum absolute atomic E-state index is 0.00596. The van der Waals surface area contributed by atoms with E-state index in [2.05, 4.69) is 30.1 Å². The lowest BCUT2D eigenvalue weighted by atomic mass is 10.1. The molecule has 0 radical (unpaired) electrons. The van der Waals surface area contributed by atoms with Gasteiger partial charge in [0.2, 0.25) is 23.6 Å². The molecule has 0 atom stereocenters. The van der Waals surface area contributed by atoms with Crippen molar-refractivity contribution in [1.29, 1.82) is 0 Å². The number of nitrogens with one attached hydrogen (secondary N) is 2. The fourth-order valence-electron chi connectivity index (χ4n) is 3.29. The van der Waals surface area contributed by atoms with Gasteiger partial charge in [0.25, 0.3) is 10.0 Å². The van der Waals surface area contributed by atoms with Crippen molar-refractivity contribution in [3.05, 3.63) is 77.4 Å². The van der Waals surface area contributed by atoms with E-state index in [1.54, 1.807) is 19.9 Å². The zero-order chi connectivity index (χ0) is 25.0. The number of rotatable bonds is 8. The van der Waals surface area contributed by atoms with Crippen molar-refractivity contribution < 1.29 is 17.7 Å². The topological polar surface area (TPSA) is 140 Å². The summed E-state index contributed by atoms with van der Waals surface area (Å²) in [5.74, 6) is 0.567. The van der Waals surface area contributed by atoms with Gasteiger partial charge in [0, 0.05) is 35.5 Å². The van der Waals surface area contributed by atoms with Gasteiger partial charge in [-0.05, 0) is 51.1 Å². The first-order valence-corrected chi connectivity index (χ1v) is 12.3. The van der Waals surface area contributed by atoms with Crippen LogP contribution in [0.5, 0.6) is 0 Å². The van der Waals surface area contributed by atoms with E-state index in [-0.39, 0.29) is 29.6 Å². The van der Waals surface area contributed by atoms with Gasteiger partial charge in [0.05, 0.1) is 4.90 Å². The van der Waals surface area contributed by atoms with Crippen molar-refractivity contribution in [2.75, 3.05) is 10.0 Å². The second-order valence-electron chi connectivity index (χ2n) is 8.03. The van der Waals surface area contributed by atoms with Crippen molar-refractivity contribution in [2.45, 2.75) is 38.5 Å². The highest BCUT2D eigenvalue weighted by Crippen LogP contribution is 2.19. The van der Waals surface area contributed by atoms with Crippen LogP contribution in [0.15, 0.2) is 64.0 Å². The van der Waals surface area contributed by atoms with Gasteiger partial charge in [-0.1, -0.05) is 35.0 Å². The predicted molar refractivity (Wildman–Crippen MR) is 130 cm³/mol. The molecule has 4 aromatic rings. The number of carbonyl (C=O) groups is 1. The van der Waals surface area contributed by atoms with Gasteiger partial charge in [-0.3, -0.25) is 4.79 Å². The van der Waals surface area contributed by atoms with Gasteiger partial charge < -0.3 is 9.84 Å². The summed E-state index contributed by atoms with van der Waals surface area (Å²) in [6, 6.07) is 15.3. The SMILES string of the molecule is Cc1ccc(-c2noc(CCC(=O)Nc3ccc(S(=O)(=O)Nc4nc(C)cc(C)n4)cc3)n2)cc1. The first kappa shape index (κ1) is 24.0. The summed E-state index contributed by atoms with van der Waals surface area (Å²) in [5, 5.41) is 6.69. The molecule has 0 fully saturated rings. The third-order valence-electron chi connectivity index (χ3n) is 5.00. The molecule has 0 aliphatic carbocycles. The molecule has 0 aliphatic rings. The number of carbonyl (C=O) groups excluding carboxylic acids is 1. The molecule has 35 heavy (non-hydrogen) atoms. The van der Waals surface area contributed by atoms with Crippen LogP contribution in [0.2, 0.25) is 0 Å². The summed E-state index contributed by atoms with van der Waals surface area (Å²) in [6.07, 6.45) is 0.401. The van der Waals surface area contributed by atoms with E-state index in [0.29, 0.717) is 28.8 Å². The maximum atomic E-state index is 12.6. The Morgan fingerprint density at radius 3 is 2.23 bits per heavy atom. The summed E-state index contributed by atoms with van der Waals surface area (Å²) >= 11 is 0. The van der Waals surface area contributed by atoms with Crippen LogP contribution in [0.4, 0.5) is 11.6 Å². The Kier molecular flexibility index (Phi) is 6.87. The Morgan fingerprint density at radius 2 is 1.57 bits per heavy atom. The highest BCUT2D eigenvalue weighted by Gasteiger charge is 2.17. The monoisotopic (exact) mass is 492 g/mol. The highest BCUT2D eigenvalue weighted by atomic mass is 32.2. The van der Waals surface area contributed by atoms with Crippen LogP contribution in [0, 0.1) is 20.8 Å². The third-order valence-corrected chi connectivity index (χ3v) is 6.34. The van der Waals surface area contributed by atoms with Crippen molar-refractivity contribution >= 4 is 27.6 Å². The van der Waals surface area contributed by atoms with Crippen LogP contribution < -0.4 is 10.0 Å². The lowest BCUT2D eigenvalue weighted by molar-refractivity contribution is -0.116. The first-order chi connectivity index (χ1) is 16.7. The molecule has 2 aromatic heterocycles. The van der Waals surface area contributed by atoms with Crippen molar-refractivity contribution in [2.24, 2.45) is 0 Å². The normalized spacial score (nSPS) is 11.3. The Bertz CT molecular complexity index is 1430. The van der Waals surface area contributed by atoms with E-state index in [0.717, 1.165) is 11.1 Å². The molecule has 0 unspecified atom stereocenters. The Morgan fingerprint density at radius 1 is 0.914 bits per heavy atom. The van der Waals surface area contributed by atoms with Crippen LogP contribution >= 0.6 is 0 Å². The standard InChI is InChI=1S/C24H24N6O4S/c1-15-4-6-18(7-5-15)23-28-22(34-29-23)13-12-21(31)27-19-8-10-20(11-9-19)35(32,33)30-24-25-16(2)14-17(3)26-24/h4-11,14H,12-13H2,1-3H3,(H,27,31)(H,25,26,30). The molecular formula is C24H24N6O4S. The average Bonchev–Trinajstić information content (AvgIpc) is 3.27. The van der Waals surface area contributed by atoms with E-state index in [1.165, 1.54) is 24.3 Å². The number of amides is 1. The van der Waals surface area contributed by atoms with Crippen LogP contribution in [0.1, 0.15) is 29.3 Å². The number of anilines is 2. The zero-order valence-corrected chi connectivity index (χ0v) is 20.3. The van der Waals surface area contributed by atoms with Crippen LogP contribution in [0.25, 0.3) is 11.4 Å². The smallest absolute Gasteiger partial charge is 0.264 e. The molecule has 2 N–H and O–H groups in total. The van der Waals surface area contributed by atoms with Crippen LogP contribution in [0.3, 0.4) is 0 Å². The van der Waals surface area contributed by atoms with Crippen molar-refractivity contribution in [1.82, 2.24) is 20.1 Å². The van der Waals surface area contributed by atoms with Crippen molar-refractivity contribution in [3.63, 3.8) is 0 Å². The second kappa shape index (κ2) is 10.0. The molecule has 0 aliphatic heterocycles. The number of nitrogens with zero attached hydrogens (tertiary/aromatic N) is 4. The van der Waals surface area contributed by atoms with Crippen LogP contribution in [-0.2, 0) is 21.2 Å². The van der Waals surface area contributed by atoms with Gasteiger partial charge in [0.15, 0.2) is 0 Å². The Hall–Kier alpha value is -4.12. The van der Waals surface area contributed by atoms with E-state index in [4.69, 9.17) is 4.52 Å². The molecule has 0 saturated carbocycles. The molecule has 11 heteroatoms. The van der Waals surface area contributed by atoms with E-state index < -0.39 is 10.0 Å². The summed E-state index contributed by atoms with van der Waals surface area (Å²) in [4.78, 5) is 24.9. The molecule has 0 bridgehead atoms. The maximum Gasteiger partial charge on any atom is 0.264 e. The van der Waals surface area contributed by atoms with Gasteiger partial charge in [0.1, 0.15) is 0 Å². The summed E-state index contributed by atoms with van der Waals surface area (Å²) in [6.45, 7) is 5.51. The summed E-state index contributed by atoms with van der Waals surface area (Å²) < 4.78 is 32.9. The second-order valence-corrected chi connectivity index (χ2v) is 9.71. The number of aromatic nitrogens is 4. The fraction of sp³-hybridized carbons (Fsp3) is 0.208. The minimum atomic E-state index is -3.88. The number of aryl methyl sites for hydroxylation is 4. The predicted octanol–water partition coefficient (Wildman–Crippen LogP) is 3.82. The molecule has 0 spiro atoms. The van der Waals surface area contributed by atoms with E-state index >= 15 is 0 Å². The summed E-state index contributed by atoms with van der Waals surface area (Å²) in [7, 11) is -3.88. The van der Waals surface area contributed by atoms with Gasteiger partial charge in [-0.25, -0.2) is 23.1 Å². The molecular weight excluding hydrogens is 468 g/mol. The minimum Gasteiger partial charge on any atom is -0.339 e. The van der Waals surface area contributed by atoms with Gasteiger partial charge >= 0.3 is 0 Å². The van der Waals surface area contributed by atoms with E-state index in [9.17, 15) is 13.2 Å². The Labute approximate surface area is 202 Å². The largest absolute Gasteiger partial charge is 0.339 e. The highest BCUT2D eigenvalue weighted by molar-refractivity contribution is 7.92. The molecule has 1 amide bonds. The number of benzene rings is 2. The van der Waals surface area contributed by atoms with Crippen LogP contribution in [-0.4, -0.2) is 34.4 Å². The fourth-order valence-corrected chi connectivity index (χ4v) is 4.23. The lowest BCUT2D eigenvalue weighted by Gasteiger charge is -2.09. The zero-order valence-electron chi connectivity index (χ0n) is 19.4. The maximum absolute atomic E-state index is 12.6. The number of hydrogen-bond donors (Lipinski definition) is 2. The first-order valence-electron chi connectivity index (χ1n) is 10.8. The summed E-state index contributed by atoms with van der Waals surface area (Å²) in [5.41, 5.74) is 3.73. The third kappa shape index (κ3) is 6.27.